The Labute approximate surface area is 97.7 Å². The molecule has 0 aromatic rings. The third-order valence-corrected chi connectivity index (χ3v) is 3.17. The fourth-order valence-electron chi connectivity index (χ4n) is 2.00. The Kier molecular flexibility index (Phi) is 4.33. The van der Waals surface area contributed by atoms with Gasteiger partial charge < -0.3 is 16.2 Å². The maximum Gasteiger partial charge on any atom is 0.240 e. The van der Waals surface area contributed by atoms with Crippen LogP contribution in [0.15, 0.2) is 0 Å². The summed E-state index contributed by atoms with van der Waals surface area (Å²) in [5.74, 6) is 0.361. The molecule has 1 saturated carbocycles. The first-order valence-electron chi connectivity index (χ1n) is 6.06. The summed E-state index contributed by atoms with van der Waals surface area (Å²) < 4.78 is 5.65. The van der Waals surface area contributed by atoms with Crippen molar-refractivity contribution in [3.8, 4) is 0 Å². The number of primary amides is 1. The molecule has 0 spiro atoms. The number of hydrogen-bond acceptors (Lipinski definition) is 3. The second kappa shape index (κ2) is 5.15. The lowest BCUT2D eigenvalue weighted by Gasteiger charge is -2.27. The Balaban J connectivity index is 2.41. The van der Waals surface area contributed by atoms with Crippen molar-refractivity contribution in [3.05, 3.63) is 0 Å². The van der Waals surface area contributed by atoms with Crippen LogP contribution in [-0.4, -0.2) is 24.2 Å². The molecule has 1 rings (SSSR count). The van der Waals surface area contributed by atoms with E-state index in [1.807, 2.05) is 6.92 Å². The largest absolute Gasteiger partial charge is 0.376 e. The van der Waals surface area contributed by atoms with Crippen LogP contribution in [0.4, 0.5) is 0 Å². The highest BCUT2D eigenvalue weighted by atomic mass is 16.5. The fraction of sp³-hybridized carbons (Fsp3) is 0.917. The van der Waals surface area contributed by atoms with E-state index < -0.39 is 11.4 Å². The zero-order valence-electron chi connectivity index (χ0n) is 10.5. The van der Waals surface area contributed by atoms with E-state index >= 15 is 0 Å². The van der Waals surface area contributed by atoms with E-state index in [9.17, 15) is 4.79 Å². The van der Waals surface area contributed by atoms with E-state index in [0.29, 0.717) is 5.92 Å². The van der Waals surface area contributed by atoms with Crippen molar-refractivity contribution >= 4 is 5.91 Å². The quantitative estimate of drug-likeness (QED) is 0.683. The zero-order chi connectivity index (χ0) is 12.3. The van der Waals surface area contributed by atoms with Crippen LogP contribution in [0, 0.1) is 11.8 Å². The van der Waals surface area contributed by atoms with E-state index in [0.717, 1.165) is 19.3 Å². The second-order valence-corrected chi connectivity index (χ2v) is 5.43. The third kappa shape index (κ3) is 3.46. The number of carbonyl (C=O) groups is 1. The summed E-state index contributed by atoms with van der Waals surface area (Å²) in [6, 6.07) is 0. The van der Waals surface area contributed by atoms with Crippen LogP contribution in [0.25, 0.3) is 0 Å². The summed E-state index contributed by atoms with van der Waals surface area (Å²) >= 11 is 0. The van der Waals surface area contributed by atoms with E-state index in [1.54, 1.807) is 0 Å². The molecule has 1 fully saturated rings. The first kappa shape index (κ1) is 13.5. The number of hydrogen-bond donors (Lipinski definition) is 2. The Morgan fingerprint density at radius 3 is 2.38 bits per heavy atom. The van der Waals surface area contributed by atoms with Crippen molar-refractivity contribution in [1.82, 2.24) is 0 Å². The standard InChI is InChI=1S/C12H24N2O2/c1-8(2)6-9(3)16-7-12(14,11(13)15)10-4-5-10/h8-10H,4-7,14H2,1-3H3,(H2,13,15). The van der Waals surface area contributed by atoms with E-state index in [-0.39, 0.29) is 18.6 Å². The topological polar surface area (TPSA) is 78.3 Å². The van der Waals surface area contributed by atoms with Crippen molar-refractivity contribution < 1.29 is 9.53 Å². The maximum atomic E-state index is 11.4. The molecular weight excluding hydrogens is 204 g/mol. The highest BCUT2D eigenvalue weighted by Crippen LogP contribution is 2.38. The molecule has 0 saturated heterocycles. The number of rotatable bonds is 7. The predicted molar refractivity (Wildman–Crippen MR) is 63.7 cm³/mol. The molecule has 4 heteroatoms. The van der Waals surface area contributed by atoms with Gasteiger partial charge in [-0.25, -0.2) is 0 Å². The minimum atomic E-state index is -0.953. The molecule has 0 aromatic heterocycles. The Bertz CT molecular complexity index is 251. The molecule has 16 heavy (non-hydrogen) atoms. The Morgan fingerprint density at radius 1 is 1.44 bits per heavy atom. The van der Waals surface area contributed by atoms with Crippen LogP contribution in [0.2, 0.25) is 0 Å². The molecule has 1 amide bonds. The van der Waals surface area contributed by atoms with Crippen LogP contribution in [0.3, 0.4) is 0 Å². The molecule has 1 aliphatic rings. The highest BCUT2D eigenvalue weighted by molar-refractivity contribution is 5.85. The van der Waals surface area contributed by atoms with Crippen LogP contribution >= 0.6 is 0 Å². The van der Waals surface area contributed by atoms with Gasteiger partial charge in [0.15, 0.2) is 0 Å². The van der Waals surface area contributed by atoms with Gasteiger partial charge in [0, 0.05) is 0 Å². The average Bonchev–Trinajstić information content (AvgIpc) is 2.95. The average molecular weight is 228 g/mol. The molecule has 0 heterocycles. The van der Waals surface area contributed by atoms with Crippen molar-refractivity contribution in [2.75, 3.05) is 6.61 Å². The van der Waals surface area contributed by atoms with Gasteiger partial charge in [0.05, 0.1) is 12.7 Å². The second-order valence-electron chi connectivity index (χ2n) is 5.43. The monoisotopic (exact) mass is 228 g/mol. The van der Waals surface area contributed by atoms with Crippen LogP contribution < -0.4 is 11.5 Å². The number of ether oxygens (including phenoxy) is 1. The molecule has 1 aliphatic carbocycles. The normalized spacial score (nSPS) is 21.8. The van der Waals surface area contributed by atoms with Crippen molar-refractivity contribution in [3.63, 3.8) is 0 Å². The van der Waals surface area contributed by atoms with Gasteiger partial charge in [0.2, 0.25) is 5.91 Å². The zero-order valence-corrected chi connectivity index (χ0v) is 10.5. The fourth-order valence-corrected chi connectivity index (χ4v) is 2.00. The minimum absolute atomic E-state index is 0.126. The lowest BCUT2D eigenvalue weighted by atomic mass is 9.94. The Hall–Kier alpha value is -0.610. The summed E-state index contributed by atoms with van der Waals surface area (Å²) in [6.45, 7) is 6.55. The number of amides is 1. The molecule has 4 nitrogen and oxygen atoms in total. The van der Waals surface area contributed by atoms with Gasteiger partial charge >= 0.3 is 0 Å². The van der Waals surface area contributed by atoms with Gasteiger partial charge in [-0.15, -0.1) is 0 Å². The first-order valence-corrected chi connectivity index (χ1v) is 6.06. The first-order chi connectivity index (χ1) is 7.36. The van der Waals surface area contributed by atoms with Gasteiger partial charge in [-0.2, -0.15) is 0 Å². The predicted octanol–water partition coefficient (Wildman–Crippen LogP) is 1.03. The summed E-state index contributed by atoms with van der Waals surface area (Å²) in [6.07, 6.45) is 3.07. The van der Waals surface area contributed by atoms with Crippen molar-refractivity contribution in [2.24, 2.45) is 23.3 Å². The van der Waals surface area contributed by atoms with Gasteiger partial charge in [0.25, 0.3) is 0 Å². The van der Waals surface area contributed by atoms with Crippen molar-refractivity contribution in [2.45, 2.75) is 51.7 Å². The van der Waals surface area contributed by atoms with E-state index in [1.165, 1.54) is 0 Å². The molecule has 0 aliphatic heterocycles. The lowest BCUT2D eigenvalue weighted by molar-refractivity contribution is -0.127. The summed E-state index contributed by atoms with van der Waals surface area (Å²) in [5.41, 5.74) is 10.4. The summed E-state index contributed by atoms with van der Waals surface area (Å²) in [7, 11) is 0. The maximum absolute atomic E-state index is 11.4. The van der Waals surface area contributed by atoms with Gasteiger partial charge in [-0.3, -0.25) is 4.79 Å². The van der Waals surface area contributed by atoms with Crippen molar-refractivity contribution in [1.29, 1.82) is 0 Å². The van der Waals surface area contributed by atoms with Crippen LogP contribution in [0.1, 0.15) is 40.0 Å². The molecule has 2 atom stereocenters. The van der Waals surface area contributed by atoms with Gasteiger partial charge in [0.1, 0.15) is 5.54 Å². The van der Waals surface area contributed by atoms with Gasteiger partial charge in [-0.05, 0) is 38.0 Å². The Morgan fingerprint density at radius 2 is 2.00 bits per heavy atom. The van der Waals surface area contributed by atoms with Gasteiger partial charge in [-0.1, -0.05) is 13.8 Å². The van der Waals surface area contributed by atoms with E-state index in [4.69, 9.17) is 16.2 Å². The van der Waals surface area contributed by atoms with E-state index in [2.05, 4.69) is 13.8 Å². The molecule has 94 valence electrons. The third-order valence-electron chi connectivity index (χ3n) is 3.17. The molecular formula is C12H24N2O2. The molecule has 0 radical (unpaired) electrons. The molecule has 0 aromatic carbocycles. The lowest BCUT2D eigenvalue weighted by Crippen LogP contribution is -2.57. The number of carbonyl (C=O) groups excluding carboxylic acids is 1. The molecule has 2 unspecified atom stereocenters. The number of nitrogens with two attached hydrogens (primary N) is 2. The van der Waals surface area contributed by atoms with Crippen LogP contribution in [0.5, 0.6) is 0 Å². The molecule has 0 bridgehead atoms. The minimum Gasteiger partial charge on any atom is -0.376 e. The smallest absolute Gasteiger partial charge is 0.240 e. The summed E-state index contributed by atoms with van der Waals surface area (Å²) in [4.78, 5) is 11.4. The SMILES string of the molecule is CC(C)CC(C)OCC(N)(C(N)=O)C1CC1. The summed E-state index contributed by atoms with van der Waals surface area (Å²) in [5, 5.41) is 0. The highest BCUT2D eigenvalue weighted by Gasteiger charge is 2.47. The molecule has 4 N–H and O–H groups in total. The van der Waals surface area contributed by atoms with Crippen LogP contribution in [-0.2, 0) is 9.53 Å².